The quantitative estimate of drug-likeness (QED) is 0.414. The maximum Gasteiger partial charge on any atom is 0.284 e. The highest BCUT2D eigenvalue weighted by Gasteiger charge is 2.08. The summed E-state index contributed by atoms with van der Waals surface area (Å²) in [5, 5.41) is 20.3. The van der Waals surface area contributed by atoms with Crippen LogP contribution in [0.3, 0.4) is 0 Å². The summed E-state index contributed by atoms with van der Waals surface area (Å²) in [7, 11) is 0. The fourth-order valence-corrected chi connectivity index (χ4v) is 2.90. The summed E-state index contributed by atoms with van der Waals surface area (Å²) in [5.41, 5.74) is 0.548. The van der Waals surface area contributed by atoms with Crippen molar-refractivity contribution in [2.45, 2.75) is 0 Å². The summed E-state index contributed by atoms with van der Waals surface area (Å²) < 4.78 is 1.14. The number of aromatic hydroxyl groups is 1. The van der Waals surface area contributed by atoms with Gasteiger partial charge in [-0.15, -0.1) is 5.11 Å². The van der Waals surface area contributed by atoms with Crippen molar-refractivity contribution in [3.05, 3.63) is 75.8 Å². The van der Waals surface area contributed by atoms with Crippen molar-refractivity contribution >= 4 is 39.6 Å². The van der Waals surface area contributed by atoms with Crippen molar-refractivity contribution in [1.82, 2.24) is 9.66 Å². The second kappa shape index (κ2) is 5.95. The van der Waals surface area contributed by atoms with E-state index in [9.17, 15) is 9.90 Å². The molecule has 0 spiro atoms. The van der Waals surface area contributed by atoms with Gasteiger partial charge in [0.05, 0.1) is 10.9 Å². The molecule has 0 aliphatic rings. The Kier molecular flexibility index (Phi) is 3.62. The molecule has 0 saturated heterocycles. The summed E-state index contributed by atoms with van der Waals surface area (Å²) in [6.07, 6.45) is 0. The molecule has 25 heavy (non-hydrogen) atoms. The summed E-state index contributed by atoms with van der Waals surface area (Å²) >= 11 is 5.20. The van der Waals surface area contributed by atoms with Gasteiger partial charge in [0.1, 0.15) is 11.4 Å². The standard InChI is InChI=1S/C18H12N4O2S/c23-15-10-9-11-5-1-2-6-12(11)16(15)20-21-22-17(24)13-7-3-4-8-14(13)19-18(22)25/h1-10,23H,(H,19,25). The number of nitrogens with zero attached hydrogens (tertiary/aromatic N) is 3. The molecule has 0 saturated carbocycles. The zero-order valence-corrected chi connectivity index (χ0v) is 13.7. The van der Waals surface area contributed by atoms with Gasteiger partial charge in [-0.3, -0.25) is 4.79 Å². The van der Waals surface area contributed by atoms with Crippen LogP contribution < -0.4 is 5.56 Å². The lowest BCUT2D eigenvalue weighted by Crippen LogP contribution is -2.17. The minimum absolute atomic E-state index is 0.0220. The molecule has 1 heterocycles. The van der Waals surface area contributed by atoms with Gasteiger partial charge < -0.3 is 10.1 Å². The molecule has 1 aromatic heterocycles. The molecule has 0 aliphatic heterocycles. The first-order chi connectivity index (χ1) is 12.1. The van der Waals surface area contributed by atoms with Crippen LogP contribution in [-0.4, -0.2) is 14.8 Å². The van der Waals surface area contributed by atoms with E-state index in [0.29, 0.717) is 10.9 Å². The highest BCUT2D eigenvalue weighted by atomic mass is 32.1. The molecule has 3 aromatic carbocycles. The van der Waals surface area contributed by atoms with Crippen molar-refractivity contribution in [1.29, 1.82) is 0 Å². The average Bonchev–Trinajstić information content (AvgIpc) is 2.63. The van der Waals surface area contributed by atoms with Crippen LogP contribution in [0.2, 0.25) is 0 Å². The molecular weight excluding hydrogens is 336 g/mol. The van der Waals surface area contributed by atoms with Crippen LogP contribution in [-0.2, 0) is 0 Å². The van der Waals surface area contributed by atoms with E-state index in [1.54, 1.807) is 30.3 Å². The smallest absolute Gasteiger partial charge is 0.284 e. The average molecular weight is 348 g/mol. The molecule has 6 nitrogen and oxygen atoms in total. The third-order valence-corrected chi connectivity index (χ3v) is 4.17. The van der Waals surface area contributed by atoms with Gasteiger partial charge in [0.15, 0.2) is 0 Å². The number of aromatic nitrogens is 2. The van der Waals surface area contributed by atoms with E-state index in [2.05, 4.69) is 15.3 Å². The predicted molar refractivity (Wildman–Crippen MR) is 98.9 cm³/mol. The zero-order chi connectivity index (χ0) is 17.4. The van der Waals surface area contributed by atoms with Crippen molar-refractivity contribution in [3.8, 4) is 5.75 Å². The molecule has 122 valence electrons. The lowest BCUT2D eigenvalue weighted by molar-refractivity contribution is 0.476. The molecule has 2 N–H and O–H groups in total. The van der Waals surface area contributed by atoms with Crippen molar-refractivity contribution < 1.29 is 5.11 Å². The van der Waals surface area contributed by atoms with Gasteiger partial charge in [-0.05, 0) is 35.8 Å². The molecule has 0 atom stereocenters. The lowest BCUT2D eigenvalue weighted by atomic mass is 10.1. The molecule has 0 unspecified atom stereocenters. The van der Waals surface area contributed by atoms with Gasteiger partial charge in [-0.1, -0.05) is 47.7 Å². The first kappa shape index (κ1) is 15.2. The first-order valence-corrected chi connectivity index (χ1v) is 7.93. The Morgan fingerprint density at radius 2 is 1.68 bits per heavy atom. The van der Waals surface area contributed by atoms with Crippen LogP contribution in [0.1, 0.15) is 0 Å². The number of para-hydroxylation sites is 1. The number of hydrogen-bond donors (Lipinski definition) is 2. The third kappa shape index (κ3) is 2.60. The molecule has 0 radical (unpaired) electrons. The van der Waals surface area contributed by atoms with E-state index in [-0.39, 0.29) is 21.8 Å². The Balaban J connectivity index is 1.92. The van der Waals surface area contributed by atoms with Gasteiger partial charge in [0, 0.05) is 5.39 Å². The van der Waals surface area contributed by atoms with E-state index >= 15 is 0 Å². The SMILES string of the molecule is O=c1c2ccccc2[nH]c(=S)n1N=Nc1c(O)ccc2ccccc12. The second-order valence-corrected chi connectivity index (χ2v) is 5.82. The number of phenols is 1. The van der Waals surface area contributed by atoms with Crippen molar-refractivity contribution in [2.75, 3.05) is 0 Å². The van der Waals surface area contributed by atoms with E-state index < -0.39 is 0 Å². The number of rotatable bonds is 2. The summed E-state index contributed by atoms with van der Waals surface area (Å²) in [5.74, 6) is -0.0220. The van der Waals surface area contributed by atoms with Crippen LogP contribution in [0.4, 0.5) is 5.69 Å². The second-order valence-electron chi connectivity index (χ2n) is 5.44. The minimum atomic E-state index is -0.372. The Labute approximate surface area is 146 Å². The largest absolute Gasteiger partial charge is 0.506 e. The number of phenolic OH excluding ortho intramolecular Hbond substituents is 1. The Morgan fingerprint density at radius 1 is 0.960 bits per heavy atom. The Bertz CT molecular complexity index is 1260. The summed E-state index contributed by atoms with van der Waals surface area (Å²) in [6, 6.07) is 17.8. The van der Waals surface area contributed by atoms with Crippen molar-refractivity contribution in [2.24, 2.45) is 10.3 Å². The predicted octanol–water partition coefficient (Wildman–Crippen LogP) is 4.46. The van der Waals surface area contributed by atoms with E-state index in [1.165, 1.54) is 0 Å². The first-order valence-electron chi connectivity index (χ1n) is 7.52. The van der Waals surface area contributed by atoms with E-state index in [0.717, 1.165) is 15.4 Å². The maximum atomic E-state index is 12.6. The van der Waals surface area contributed by atoms with E-state index in [4.69, 9.17) is 12.2 Å². The summed E-state index contributed by atoms with van der Waals surface area (Å²) in [4.78, 5) is 15.5. The molecule has 0 amide bonds. The Morgan fingerprint density at radius 3 is 2.52 bits per heavy atom. The van der Waals surface area contributed by atoms with Crippen molar-refractivity contribution in [3.63, 3.8) is 0 Å². The molecule has 4 rings (SSSR count). The number of H-pyrrole nitrogens is 1. The molecular formula is C18H12N4O2S. The molecule has 0 fully saturated rings. The summed E-state index contributed by atoms with van der Waals surface area (Å²) in [6.45, 7) is 0. The van der Waals surface area contributed by atoms with Gasteiger partial charge in [-0.25, -0.2) is 0 Å². The number of fused-ring (bicyclic) bond motifs is 2. The highest BCUT2D eigenvalue weighted by molar-refractivity contribution is 7.71. The van der Waals surface area contributed by atoms with Crippen LogP contribution in [0.5, 0.6) is 5.75 Å². The molecule has 4 aromatic rings. The molecule has 7 heteroatoms. The molecule has 0 aliphatic carbocycles. The van der Waals surface area contributed by atoms with Crippen LogP contribution in [0, 0.1) is 4.77 Å². The third-order valence-electron chi connectivity index (χ3n) is 3.90. The zero-order valence-electron chi connectivity index (χ0n) is 12.9. The number of nitrogens with one attached hydrogen (secondary N) is 1. The van der Waals surface area contributed by atoms with Gasteiger partial charge in [0.2, 0.25) is 4.77 Å². The normalized spacial score (nSPS) is 11.5. The lowest BCUT2D eigenvalue weighted by Gasteiger charge is -2.04. The fourth-order valence-electron chi connectivity index (χ4n) is 2.67. The van der Waals surface area contributed by atoms with E-state index in [1.807, 2.05) is 30.3 Å². The monoisotopic (exact) mass is 348 g/mol. The van der Waals surface area contributed by atoms with Crippen LogP contribution >= 0.6 is 12.2 Å². The van der Waals surface area contributed by atoms with Gasteiger partial charge in [-0.2, -0.15) is 4.68 Å². The fraction of sp³-hybridized carbons (Fsp3) is 0. The maximum absolute atomic E-state index is 12.6. The van der Waals surface area contributed by atoms with Gasteiger partial charge in [0.25, 0.3) is 5.56 Å². The molecule has 0 bridgehead atoms. The highest BCUT2D eigenvalue weighted by Crippen LogP contribution is 2.34. The van der Waals surface area contributed by atoms with Crippen LogP contribution in [0.25, 0.3) is 21.7 Å². The number of benzene rings is 3. The minimum Gasteiger partial charge on any atom is -0.506 e. The number of hydrogen-bond acceptors (Lipinski definition) is 5. The van der Waals surface area contributed by atoms with Gasteiger partial charge >= 0.3 is 0 Å². The topological polar surface area (TPSA) is 82.7 Å². The number of aromatic amines is 1. The Hall–Kier alpha value is -3.32. The van der Waals surface area contributed by atoms with Crippen LogP contribution in [0.15, 0.2) is 75.8 Å².